The van der Waals surface area contributed by atoms with Crippen LogP contribution in [0, 0.1) is 10.1 Å². The van der Waals surface area contributed by atoms with Gasteiger partial charge >= 0.3 is 0 Å². The summed E-state index contributed by atoms with van der Waals surface area (Å²) in [5.74, 6) is -0.390. The molecular weight excluding hydrogens is 236 g/mol. The maximum Gasteiger partial charge on any atom is 0.289 e. The minimum Gasteiger partial charge on any atom is -0.375 e. The number of nitro benzene ring substituents is 1. The van der Waals surface area contributed by atoms with Gasteiger partial charge in [0.25, 0.3) is 5.69 Å². The fourth-order valence-corrected chi connectivity index (χ4v) is 1.25. The van der Waals surface area contributed by atoms with Gasteiger partial charge in [-0.05, 0) is 12.1 Å². The highest BCUT2D eigenvalue weighted by Gasteiger charge is 2.13. The molecule has 1 aromatic carbocycles. The predicted molar refractivity (Wildman–Crippen MR) is 58.6 cm³/mol. The van der Waals surface area contributed by atoms with Crippen molar-refractivity contribution in [2.75, 3.05) is 19.0 Å². The molecule has 1 rings (SSSR count). The molecule has 0 aliphatic rings. The van der Waals surface area contributed by atoms with Crippen LogP contribution in [-0.4, -0.2) is 24.5 Å². The molecule has 0 saturated carbocycles. The fourth-order valence-electron chi connectivity index (χ4n) is 1.06. The van der Waals surface area contributed by atoms with Gasteiger partial charge in [-0.1, -0.05) is 11.6 Å². The van der Waals surface area contributed by atoms with Gasteiger partial charge in [-0.3, -0.25) is 14.9 Å². The van der Waals surface area contributed by atoms with Crippen LogP contribution in [0.5, 0.6) is 0 Å². The summed E-state index contributed by atoms with van der Waals surface area (Å²) >= 11 is 5.61. The van der Waals surface area contributed by atoms with Gasteiger partial charge in [-0.25, -0.2) is 0 Å². The lowest BCUT2D eigenvalue weighted by Crippen LogP contribution is -2.17. The van der Waals surface area contributed by atoms with Crippen LogP contribution in [0.1, 0.15) is 0 Å². The van der Waals surface area contributed by atoms with E-state index in [-0.39, 0.29) is 23.2 Å². The van der Waals surface area contributed by atoms with Crippen molar-refractivity contribution in [3.05, 3.63) is 33.3 Å². The zero-order chi connectivity index (χ0) is 12.1. The van der Waals surface area contributed by atoms with Crippen molar-refractivity contribution in [1.29, 1.82) is 0 Å². The Balaban J connectivity index is 2.87. The Morgan fingerprint density at radius 3 is 2.88 bits per heavy atom. The molecule has 0 aromatic heterocycles. The Hall–Kier alpha value is -1.66. The molecule has 0 radical (unpaired) electrons. The summed E-state index contributed by atoms with van der Waals surface area (Å²) in [6, 6.07) is 4.01. The Morgan fingerprint density at radius 1 is 1.62 bits per heavy atom. The average Bonchev–Trinajstić information content (AvgIpc) is 2.21. The predicted octanol–water partition coefficient (Wildman–Crippen LogP) is 1.83. The molecule has 0 bridgehead atoms. The third-order valence-electron chi connectivity index (χ3n) is 1.70. The molecule has 6 nitrogen and oxygen atoms in total. The van der Waals surface area contributed by atoms with Crippen LogP contribution in [0.25, 0.3) is 0 Å². The Labute approximate surface area is 96.3 Å². The molecule has 1 amide bonds. The first kappa shape index (κ1) is 12.4. The highest BCUT2D eigenvalue weighted by molar-refractivity contribution is 6.32. The number of anilines is 1. The number of halogens is 1. The third kappa shape index (κ3) is 3.18. The van der Waals surface area contributed by atoms with Crippen LogP contribution >= 0.6 is 11.6 Å². The molecule has 0 unspecified atom stereocenters. The van der Waals surface area contributed by atoms with E-state index in [0.29, 0.717) is 5.69 Å². The lowest BCUT2D eigenvalue weighted by molar-refractivity contribution is -0.384. The molecule has 0 atom stereocenters. The smallest absolute Gasteiger partial charge is 0.289 e. The SMILES string of the molecule is COCC(=O)Nc1ccc(Cl)c([N+](=O)[O-])c1. The summed E-state index contributed by atoms with van der Waals surface area (Å²) in [6.07, 6.45) is 0. The quantitative estimate of drug-likeness (QED) is 0.647. The van der Waals surface area contributed by atoms with E-state index in [2.05, 4.69) is 10.1 Å². The van der Waals surface area contributed by atoms with Crippen LogP contribution in [0.2, 0.25) is 5.02 Å². The lowest BCUT2D eigenvalue weighted by Gasteiger charge is -2.04. The molecule has 1 aromatic rings. The molecule has 0 aliphatic heterocycles. The topological polar surface area (TPSA) is 81.5 Å². The van der Waals surface area contributed by atoms with Gasteiger partial charge in [-0.2, -0.15) is 0 Å². The highest BCUT2D eigenvalue weighted by Crippen LogP contribution is 2.27. The van der Waals surface area contributed by atoms with Crippen LogP contribution in [0.3, 0.4) is 0 Å². The van der Waals surface area contributed by atoms with Crippen molar-refractivity contribution < 1.29 is 14.5 Å². The largest absolute Gasteiger partial charge is 0.375 e. The van der Waals surface area contributed by atoms with E-state index in [1.807, 2.05) is 0 Å². The van der Waals surface area contributed by atoms with E-state index in [9.17, 15) is 14.9 Å². The Bertz CT molecular complexity index is 422. The zero-order valence-electron chi connectivity index (χ0n) is 8.40. The second-order valence-electron chi connectivity index (χ2n) is 2.90. The number of benzene rings is 1. The minimum absolute atomic E-state index is 0.0229. The fraction of sp³-hybridized carbons (Fsp3) is 0.222. The number of nitrogens with one attached hydrogen (secondary N) is 1. The first-order valence-electron chi connectivity index (χ1n) is 4.27. The second-order valence-corrected chi connectivity index (χ2v) is 3.31. The first-order valence-corrected chi connectivity index (χ1v) is 4.65. The molecule has 0 heterocycles. The van der Waals surface area contributed by atoms with E-state index >= 15 is 0 Å². The molecule has 1 N–H and O–H groups in total. The Kier molecular flexibility index (Phi) is 4.21. The van der Waals surface area contributed by atoms with Gasteiger partial charge in [0.2, 0.25) is 5.91 Å². The average molecular weight is 245 g/mol. The van der Waals surface area contributed by atoms with E-state index in [1.54, 1.807) is 0 Å². The number of carbonyl (C=O) groups is 1. The number of methoxy groups -OCH3 is 1. The van der Waals surface area contributed by atoms with E-state index in [0.717, 1.165) is 0 Å². The molecule has 86 valence electrons. The highest BCUT2D eigenvalue weighted by atomic mass is 35.5. The van der Waals surface area contributed by atoms with Crippen molar-refractivity contribution in [3.63, 3.8) is 0 Å². The third-order valence-corrected chi connectivity index (χ3v) is 2.02. The molecular formula is C9H9ClN2O4. The maximum atomic E-state index is 11.1. The number of carbonyl (C=O) groups excluding carboxylic acids is 1. The molecule has 0 aliphatic carbocycles. The first-order chi connectivity index (χ1) is 7.54. The summed E-state index contributed by atoms with van der Waals surface area (Å²) in [5, 5.41) is 13.0. The number of nitro groups is 1. The summed E-state index contributed by atoms with van der Waals surface area (Å²) in [6.45, 7) is -0.115. The van der Waals surface area contributed by atoms with Crippen molar-refractivity contribution in [2.45, 2.75) is 0 Å². The summed E-state index contributed by atoms with van der Waals surface area (Å²) in [4.78, 5) is 21.1. The van der Waals surface area contributed by atoms with E-state index in [4.69, 9.17) is 11.6 Å². The second kappa shape index (κ2) is 5.43. The molecule has 0 saturated heterocycles. The van der Waals surface area contributed by atoms with Gasteiger partial charge < -0.3 is 10.1 Å². The van der Waals surface area contributed by atoms with Crippen molar-refractivity contribution in [1.82, 2.24) is 0 Å². The maximum absolute atomic E-state index is 11.1. The molecule has 7 heteroatoms. The Morgan fingerprint density at radius 2 is 2.31 bits per heavy atom. The monoisotopic (exact) mass is 244 g/mol. The summed E-state index contributed by atoms with van der Waals surface area (Å²) in [7, 11) is 1.38. The van der Waals surface area contributed by atoms with Gasteiger partial charge in [0, 0.05) is 18.9 Å². The zero-order valence-corrected chi connectivity index (χ0v) is 9.15. The standard InChI is InChI=1S/C9H9ClN2O4/c1-16-5-9(13)11-6-2-3-7(10)8(4-6)12(14)15/h2-4H,5H2,1H3,(H,11,13). The van der Waals surface area contributed by atoms with Crippen LogP contribution in [0.4, 0.5) is 11.4 Å². The molecule has 16 heavy (non-hydrogen) atoms. The van der Waals surface area contributed by atoms with E-state index < -0.39 is 4.92 Å². The molecule has 0 spiro atoms. The number of rotatable bonds is 4. The number of hydrogen-bond donors (Lipinski definition) is 1. The normalized spacial score (nSPS) is 9.88. The number of nitrogens with zero attached hydrogens (tertiary/aromatic N) is 1. The van der Waals surface area contributed by atoms with Crippen LogP contribution in [0.15, 0.2) is 18.2 Å². The number of amides is 1. The van der Waals surface area contributed by atoms with Gasteiger partial charge in [0.15, 0.2) is 0 Å². The summed E-state index contributed by atoms with van der Waals surface area (Å²) in [5.41, 5.74) is 0.0510. The van der Waals surface area contributed by atoms with Gasteiger partial charge in [-0.15, -0.1) is 0 Å². The lowest BCUT2D eigenvalue weighted by atomic mass is 10.3. The van der Waals surface area contributed by atoms with Crippen LogP contribution < -0.4 is 5.32 Å². The van der Waals surface area contributed by atoms with Crippen molar-refractivity contribution in [2.24, 2.45) is 0 Å². The van der Waals surface area contributed by atoms with Crippen molar-refractivity contribution >= 4 is 28.9 Å². The number of hydrogen-bond acceptors (Lipinski definition) is 4. The van der Waals surface area contributed by atoms with E-state index in [1.165, 1.54) is 25.3 Å². The minimum atomic E-state index is -0.617. The van der Waals surface area contributed by atoms with Gasteiger partial charge in [0.1, 0.15) is 11.6 Å². The summed E-state index contributed by atoms with van der Waals surface area (Å²) < 4.78 is 4.61. The molecule has 0 fully saturated rings. The van der Waals surface area contributed by atoms with Crippen molar-refractivity contribution in [3.8, 4) is 0 Å². The van der Waals surface area contributed by atoms with Gasteiger partial charge in [0.05, 0.1) is 4.92 Å². The number of ether oxygens (including phenoxy) is 1. The van der Waals surface area contributed by atoms with Crippen LogP contribution in [-0.2, 0) is 9.53 Å².